The highest BCUT2D eigenvalue weighted by Gasteiger charge is 2.32. The number of aromatic nitrogens is 4. The lowest BCUT2D eigenvalue weighted by Crippen LogP contribution is -2.41. The largest absolute Gasteiger partial charge is 0.342 e. The summed E-state index contributed by atoms with van der Waals surface area (Å²) in [5.74, 6) is -0.572. The molecule has 39 heavy (non-hydrogen) atoms. The number of carbonyl (C=O) groups excluding carboxylic acids is 1. The Labute approximate surface area is 225 Å². The van der Waals surface area contributed by atoms with Crippen LogP contribution in [0.5, 0.6) is 0 Å². The molecule has 10 heteroatoms. The van der Waals surface area contributed by atoms with Crippen LogP contribution in [0.4, 0.5) is 20.5 Å². The minimum atomic E-state index is -0.657. The lowest BCUT2D eigenvalue weighted by Gasteiger charge is -2.31. The van der Waals surface area contributed by atoms with Crippen LogP contribution in [0.25, 0.3) is 22.2 Å². The zero-order chi connectivity index (χ0) is 27.3. The minimum Gasteiger partial charge on any atom is -0.342 e. The monoisotopic (exact) mass is 531 g/mol. The van der Waals surface area contributed by atoms with Gasteiger partial charge in [-0.25, -0.2) is 23.7 Å². The van der Waals surface area contributed by atoms with Crippen molar-refractivity contribution < 1.29 is 13.6 Å². The van der Waals surface area contributed by atoms with E-state index in [1.165, 1.54) is 6.07 Å². The van der Waals surface area contributed by atoms with E-state index in [4.69, 9.17) is 0 Å². The van der Waals surface area contributed by atoms with E-state index in [0.717, 1.165) is 50.9 Å². The lowest BCUT2D eigenvalue weighted by atomic mass is 10.0. The molecule has 8 nitrogen and oxygen atoms in total. The number of fused-ring (bicyclic) bond motifs is 5. The van der Waals surface area contributed by atoms with Gasteiger partial charge >= 0.3 is 0 Å². The molecule has 3 aliphatic heterocycles. The van der Waals surface area contributed by atoms with Gasteiger partial charge in [0.1, 0.15) is 17.3 Å². The van der Waals surface area contributed by atoms with Crippen LogP contribution < -0.4 is 5.32 Å². The molecule has 0 aliphatic carbocycles. The lowest BCUT2D eigenvalue weighted by molar-refractivity contribution is 0.0684. The Balaban J connectivity index is 1.24. The highest BCUT2D eigenvalue weighted by atomic mass is 19.1. The molecule has 3 aromatic heterocycles. The fraction of sp³-hybridized carbons (Fsp3) is 0.379. The zero-order valence-electron chi connectivity index (χ0n) is 22.3. The number of amides is 1. The predicted octanol–water partition coefficient (Wildman–Crippen LogP) is 5.32. The standard InChI is InChI=1S/C29H31F2N7O/c1-17(2)38-18(3)12-22-23(30)13-20(14-25(22)38)27-24(31)16-33-29(35-27)34-26-5-4-19(15-32-26)28(39)37-11-10-36-8-6-21(37)7-9-36/h4-5,12-17,21H,6-11H2,1-3H3,(H,32,33,34,35). The third-order valence-corrected chi connectivity index (χ3v) is 7.80. The van der Waals surface area contributed by atoms with E-state index in [0.29, 0.717) is 27.8 Å². The molecule has 0 atom stereocenters. The van der Waals surface area contributed by atoms with E-state index >= 15 is 4.39 Å². The Bertz CT molecular complexity index is 1540. The summed E-state index contributed by atoms with van der Waals surface area (Å²) >= 11 is 0. The zero-order valence-corrected chi connectivity index (χ0v) is 22.3. The van der Waals surface area contributed by atoms with Gasteiger partial charge in [-0.3, -0.25) is 4.79 Å². The molecule has 0 spiro atoms. The molecule has 0 saturated carbocycles. The molecule has 7 rings (SSSR count). The van der Waals surface area contributed by atoms with Crippen molar-refractivity contribution >= 4 is 28.6 Å². The van der Waals surface area contributed by atoms with Crippen molar-refractivity contribution in [2.24, 2.45) is 0 Å². The van der Waals surface area contributed by atoms with Gasteiger partial charge in [0, 0.05) is 61.1 Å². The summed E-state index contributed by atoms with van der Waals surface area (Å²) in [5.41, 5.74) is 2.44. The third kappa shape index (κ3) is 4.73. The number of rotatable bonds is 5. The average Bonchev–Trinajstić information content (AvgIpc) is 3.04. The third-order valence-electron chi connectivity index (χ3n) is 7.80. The first-order valence-electron chi connectivity index (χ1n) is 13.4. The second kappa shape index (κ2) is 10.00. The summed E-state index contributed by atoms with van der Waals surface area (Å²) in [6, 6.07) is 8.65. The average molecular weight is 532 g/mol. The van der Waals surface area contributed by atoms with Crippen LogP contribution in [0.3, 0.4) is 0 Å². The predicted molar refractivity (Wildman–Crippen MR) is 146 cm³/mol. The van der Waals surface area contributed by atoms with Gasteiger partial charge in [-0.1, -0.05) is 0 Å². The van der Waals surface area contributed by atoms with E-state index in [1.54, 1.807) is 30.5 Å². The number of halogens is 2. The van der Waals surface area contributed by atoms with Gasteiger partial charge in [-0.05, 0) is 63.9 Å². The number of pyridine rings is 1. The first kappa shape index (κ1) is 25.4. The van der Waals surface area contributed by atoms with Crippen LogP contribution in [-0.2, 0) is 0 Å². The molecular formula is C29H31F2N7O. The maximum atomic E-state index is 15.0. The molecule has 6 heterocycles. The van der Waals surface area contributed by atoms with Crippen LogP contribution in [0.1, 0.15) is 48.8 Å². The molecule has 3 saturated heterocycles. The van der Waals surface area contributed by atoms with Gasteiger partial charge in [0.25, 0.3) is 5.91 Å². The van der Waals surface area contributed by atoms with Gasteiger partial charge in [0.15, 0.2) is 5.82 Å². The van der Waals surface area contributed by atoms with Crippen molar-refractivity contribution in [1.29, 1.82) is 0 Å². The van der Waals surface area contributed by atoms with Gasteiger partial charge < -0.3 is 19.7 Å². The van der Waals surface area contributed by atoms with Crippen molar-refractivity contribution in [3.8, 4) is 11.3 Å². The van der Waals surface area contributed by atoms with Crippen LogP contribution in [0, 0.1) is 18.6 Å². The summed E-state index contributed by atoms with van der Waals surface area (Å²) in [6.45, 7) is 9.68. The summed E-state index contributed by atoms with van der Waals surface area (Å²) in [6.07, 6.45) is 4.60. The summed E-state index contributed by atoms with van der Waals surface area (Å²) < 4.78 is 31.9. The van der Waals surface area contributed by atoms with E-state index in [-0.39, 0.29) is 29.6 Å². The number of benzene rings is 1. The number of piperidine rings is 1. The molecule has 0 radical (unpaired) electrons. The number of hydrogen-bond acceptors (Lipinski definition) is 6. The van der Waals surface area contributed by atoms with Crippen molar-refractivity contribution in [3.05, 3.63) is 65.6 Å². The Hall–Kier alpha value is -3.92. The molecule has 2 bridgehead atoms. The van der Waals surface area contributed by atoms with E-state index in [9.17, 15) is 9.18 Å². The minimum absolute atomic E-state index is 0.0121. The van der Waals surface area contributed by atoms with E-state index < -0.39 is 11.6 Å². The van der Waals surface area contributed by atoms with Gasteiger partial charge in [-0.15, -0.1) is 0 Å². The normalized spacial score (nSPS) is 19.1. The van der Waals surface area contributed by atoms with Gasteiger partial charge in [0.2, 0.25) is 5.95 Å². The van der Waals surface area contributed by atoms with Gasteiger partial charge in [-0.2, -0.15) is 0 Å². The van der Waals surface area contributed by atoms with Gasteiger partial charge in [0.05, 0.1) is 17.3 Å². The Morgan fingerprint density at radius 1 is 1.00 bits per heavy atom. The number of aryl methyl sites for hydroxylation is 1. The van der Waals surface area contributed by atoms with Crippen LogP contribution in [0.2, 0.25) is 0 Å². The Morgan fingerprint density at radius 3 is 2.51 bits per heavy atom. The summed E-state index contributed by atoms with van der Waals surface area (Å²) in [4.78, 5) is 30.3. The Morgan fingerprint density at radius 2 is 1.79 bits per heavy atom. The molecule has 202 valence electrons. The highest BCUT2D eigenvalue weighted by Crippen LogP contribution is 2.32. The summed E-state index contributed by atoms with van der Waals surface area (Å²) in [7, 11) is 0. The maximum Gasteiger partial charge on any atom is 0.255 e. The number of hydrogen-bond donors (Lipinski definition) is 1. The maximum absolute atomic E-state index is 15.0. The van der Waals surface area contributed by atoms with Crippen molar-refractivity contribution in [2.45, 2.75) is 45.7 Å². The quantitative estimate of drug-likeness (QED) is 0.375. The second-order valence-electron chi connectivity index (χ2n) is 10.7. The fourth-order valence-electron chi connectivity index (χ4n) is 5.89. The van der Waals surface area contributed by atoms with Crippen LogP contribution in [0.15, 0.2) is 42.7 Å². The Kier molecular flexibility index (Phi) is 6.50. The van der Waals surface area contributed by atoms with Crippen LogP contribution in [-0.4, -0.2) is 67.4 Å². The smallest absolute Gasteiger partial charge is 0.255 e. The van der Waals surface area contributed by atoms with Crippen molar-refractivity contribution in [2.75, 3.05) is 31.5 Å². The molecular weight excluding hydrogens is 500 g/mol. The number of nitrogens with one attached hydrogen (secondary N) is 1. The van der Waals surface area contributed by atoms with E-state index in [2.05, 4.69) is 25.2 Å². The number of nitrogens with zero attached hydrogens (tertiary/aromatic N) is 6. The highest BCUT2D eigenvalue weighted by molar-refractivity contribution is 5.94. The SMILES string of the molecule is Cc1cc2c(F)cc(-c3nc(Nc4ccc(C(=O)N5CCN6CCC5CC6)cn4)ncc3F)cc2n1C(C)C. The molecule has 1 aromatic carbocycles. The van der Waals surface area contributed by atoms with Crippen molar-refractivity contribution in [3.63, 3.8) is 0 Å². The summed E-state index contributed by atoms with van der Waals surface area (Å²) in [5, 5.41) is 3.47. The van der Waals surface area contributed by atoms with Crippen LogP contribution >= 0.6 is 0 Å². The molecule has 0 unspecified atom stereocenters. The second-order valence-corrected chi connectivity index (χ2v) is 10.7. The molecule has 3 aliphatic rings. The molecule has 3 fully saturated rings. The van der Waals surface area contributed by atoms with E-state index in [1.807, 2.05) is 30.2 Å². The topological polar surface area (TPSA) is 79.2 Å². The first-order valence-corrected chi connectivity index (χ1v) is 13.4. The molecule has 1 amide bonds. The number of anilines is 2. The number of carbonyl (C=O) groups is 1. The molecule has 4 aromatic rings. The fourth-order valence-corrected chi connectivity index (χ4v) is 5.89. The van der Waals surface area contributed by atoms with Crippen molar-refractivity contribution in [1.82, 2.24) is 29.3 Å². The molecule has 1 N–H and O–H groups in total. The first-order chi connectivity index (χ1) is 18.8.